The second-order valence-corrected chi connectivity index (χ2v) is 3.76. The molecule has 5 N–H and O–H groups in total. The Labute approximate surface area is 99.6 Å². The minimum absolute atomic E-state index is 0.0922. The first-order chi connectivity index (χ1) is 7.00. The van der Waals surface area contributed by atoms with Crippen LogP contribution in [0.5, 0.6) is 0 Å². The van der Waals surface area contributed by atoms with Crippen LogP contribution in [0.25, 0.3) is 0 Å². The summed E-state index contributed by atoms with van der Waals surface area (Å²) in [7, 11) is 0. The number of hydrogen-bond acceptors (Lipinski definition) is 2. The maximum absolute atomic E-state index is 10.5. The number of guanidine groups is 1. The number of urea groups is 1. The zero-order chi connectivity index (χ0) is 11.4. The topological polar surface area (TPSA) is 93.5 Å². The molecule has 0 atom stereocenters. The summed E-state index contributed by atoms with van der Waals surface area (Å²) in [5.74, 6) is -0.0922. The molecule has 0 spiro atoms. The molecule has 0 aromatic heterocycles. The van der Waals surface area contributed by atoms with Gasteiger partial charge in [0, 0.05) is 0 Å². The number of halogens is 2. The van der Waals surface area contributed by atoms with Crippen LogP contribution in [-0.2, 0) is 0 Å². The monoisotopic (exact) mass is 290 g/mol. The lowest BCUT2D eigenvalue weighted by atomic mass is 10.3. The van der Waals surface area contributed by atoms with Crippen molar-refractivity contribution in [1.29, 1.82) is 0 Å². The molecule has 15 heavy (non-hydrogen) atoms. The third kappa shape index (κ3) is 3.41. The quantitative estimate of drug-likeness (QED) is 0.543. The first-order valence-corrected chi connectivity index (χ1v) is 5.02. The molecule has 80 valence electrons. The fraction of sp³-hybridized carbons (Fsp3) is 0. The third-order valence-electron chi connectivity index (χ3n) is 1.42. The summed E-state index contributed by atoms with van der Waals surface area (Å²) in [6, 6.07) is 4.33. The number of carbonyl (C=O) groups excluding carboxylic acids is 1. The molecule has 0 aliphatic rings. The summed E-state index contributed by atoms with van der Waals surface area (Å²) in [5, 5.41) is 2.64. The molecular formula is C8H8BrClN4O. The van der Waals surface area contributed by atoms with E-state index in [4.69, 9.17) is 23.1 Å². The van der Waals surface area contributed by atoms with E-state index in [9.17, 15) is 4.79 Å². The van der Waals surface area contributed by atoms with Crippen LogP contribution in [0.3, 0.4) is 0 Å². The zero-order valence-electron chi connectivity index (χ0n) is 7.50. The van der Waals surface area contributed by atoms with E-state index < -0.39 is 6.03 Å². The van der Waals surface area contributed by atoms with Gasteiger partial charge in [0.1, 0.15) is 0 Å². The van der Waals surface area contributed by atoms with E-state index in [0.29, 0.717) is 15.2 Å². The van der Waals surface area contributed by atoms with Crippen LogP contribution >= 0.6 is 27.5 Å². The molecule has 1 aromatic carbocycles. The zero-order valence-corrected chi connectivity index (χ0v) is 9.84. The summed E-state index contributed by atoms with van der Waals surface area (Å²) >= 11 is 9.07. The van der Waals surface area contributed by atoms with Gasteiger partial charge in [0.2, 0.25) is 5.96 Å². The van der Waals surface area contributed by atoms with E-state index >= 15 is 0 Å². The molecule has 7 heteroatoms. The Morgan fingerprint density at radius 3 is 2.73 bits per heavy atom. The van der Waals surface area contributed by atoms with Crippen molar-refractivity contribution in [2.45, 2.75) is 0 Å². The fourth-order valence-electron chi connectivity index (χ4n) is 0.863. The highest BCUT2D eigenvalue weighted by molar-refractivity contribution is 9.10. The molecule has 5 nitrogen and oxygen atoms in total. The number of rotatable bonds is 1. The Morgan fingerprint density at radius 2 is 2.13 bits per heavy atom. The summed E-state index contributed by atoms with van der Waals surface area (Å²) in [4.78, 5) is 14.4. The number of aliphatic imine (C=N–C) groups is 1. The lowest BCUT2D eigenvalue weighted by Gasteiger charge is -2.03. The summed E-state index contributed by atoms with van der Waals surface area (Å²) < 4.78 is 0.598. The van der Waals surface area contributed by atoms with Gasteiger partial charge in [-0.3, -0.25) is 5.32 Å². The summed E-state index contributed by atoms with van der Waals surface area (Å²) in [5.41, 5.74) is 10.8. The molecule has 1 rings (SSSR count). The number of benzene rings is 1. The molecule has 0 fully saturated rings. The van der Waals surface area contributed by atoms with Gasteiger partial charge in [-0.2, -0.15) is 0 Å². The molecule has 0 aliphatic carbocycles. The number of nitrogens with zero attached hydrogens (tertiary/aromatic N) is 1. The average molecular weight is 292 g/mol. The Morgan fingerprint density at radius 1 is 1.47 bits per heavy atom. The van der Waals surface area contributed by atoms with Crippen molar-refractivity contribution in [2.75, 3.05) is 0 Å². The Balaban J connectivity index is 2.97. The van der Waals surface area contributed by atoms with E-state index in [1.54, 1.807) is 18.2 Å². The molecule has 0 saturated carbocycles. The van der Waals surface area contributed by atoms with Gasteiger partial charge in [-0.05, 0) is 28.1 Å². The lowest BCUT2D eigenvalue weighted by Crippen LogP contribution is -2.39. The molecule has 0 saturated heterocycles. The van der Waals surface area contributed by atoms with Crippen molar-refractivity contribution >= 4 is 45.2 Å². The van der Waals surface area contributed by atoms with E-state index in [0.717, 1.165) is 0 Å². The van der Waals surface area contributed by atoms with Crippen molar-refractivity contribution in [3.05, 3.63) is 27.7 Å². The van der Waals surface area contributed by atoms with E-state index in [1.807, 2.05) is 0 Å². The van der Waals surface area contributed by atoms with Crippen molar-refractivity contribution in [1.82, 2.24) is 5.32 Å². The molecule has 0 heterocycles. The van der Waals surface area contributed by atoms with Gasteiger partial charge in [-0.15, -0.1) is 0 Å². The van der Waals surface area contributed by atoms with Crippen molar-refractivity contribution in [3.8, 4) is 0 Å². The first kappa shape index (κ1) is 11.8. The van der Waals surface area contributed by atoms with Crippen LogP contribution in [0.1, 0.15) is 0 Å². The van der Waals surface area contributed by atoms with Gasteiger partial charge in [-0.1, -0.05) is 17.7 Å². The standard InChI is InChI=1S/C8H8BrClN4O/c9-6-4(10)2-1-3-5(6)13-7(11)14-8(12)15/h1-3H,(H5,11,12,13,14,15). The lowest BCUT2D eigenvalue weighted by molar-refractivity contribution is 0.253. The van der Waals surface area contributed by atoms with Crippen LogP contribution in [0, 0.1) is 0 Å². The van der Waals surface area contributed by atoms with E-state index in [-0.39, 0.29) is 5.96 Å². The number of carbonyl (C=O) groups is 1. The van der Waals surface area contributed by atoms with Gasteiger partial charge in [0.15, 0.2) is 0 Å². The maximum Gasteiger partial charge on any atom is 0.318 e. The fourth-order valence-corrected chi connectivity index (χ4v) is 1.39. The van der Waals surface area contributed by atoms with Crippen LogP contribution in [0.4, 0.5) is 10.5 Å². The highest BCUT2D eigenvalue weighted by Gasteiger charge is 2.03. The van der Waals surface area contributed by atoms with Crippen molar-refractivity contribution in [3.63, 3.8) is 0 Å². The van der Waals surface area contributed by atoms with Crippen LogP contribution in [-0.4, -0.2) is 12.0 Å². The Hall–Kier alpha value is -1.27. The first-order valence-electron chi connectivity index (χ1n) is 3.85. The minimum Gasteiger partial charge on any atom is -0.369 e. The van der Waals surface area contributed by atoms with Gasteiger partial charge >= 0.3 is 6.03 Å². The molecule has 2 amide bonds. The normalized spacial score (nSPS) is 11.2. The van der Waals surface area contributed by atoms with Gasteiger partial charge in [0.25, 0.3) is 0 Å². The Kier molecular flexibility index (Phi) is 3.93. The highest BCUT2D eigenvalue weighted by Crippen LogP contribution is 2.31. The molecule has 0 bridgehead atoms. The van der Waals surface area contributed by atoms with Crippen molar-refractivity contribution < 1.29 is 4.79 Å². The smallest absolute Gasteiger partial charge is 0.318 e. The molecule has 0 aliphatic heterocycles. The van der Waals surface area contributed by atoms with E-state index in [1.165, 1.54) is 0 Å². The second-order valence-electron chi connectivity index (χ2n) is 2.56. The molecule has 1 aromatic rings. The van der Waals surface area contributed by atoms with Crippen LogP contribution in [0.15, 0.2) is 27.7 Å². The average Bonchev–Trinajstić information content (AvgIpc) is 2.11. The highest BCUT2D eigenvalue weighted by atomic mass is 79.9. The predicted octanol–water partition coefficient (Wildman–Crippen LogP) is 1.72. The largest absolute Gasteiger partial charge is 0.369 e. The molecular weight excluding hydrogens is 283 g/mol. The molecule has 0 unspecified atom stereocenters. The van der Waals surface area contributed by atoms with Crippen LogP contribution < -0.4 is 16.8 Å². The van der Waals surface area contributed by atoms with E-state index in [2.05, 4.69) is 26.2 Å². The number of nitrogens with two attached hydrogens (primary N) is 2. The van der Waals surface area contributed by atoms with Crippen LogP contribution in [0.2, 0.25) is 5.02 Å². The predicted molar refractivity (Wildman–Crippen MR) is 63.2 cm³/mol. The molecule has 0 radical (unpaired) electrons. The minimum atomic E-state index is -0.769. The van der Waals surface area contributed by atoms with Gasteiger partial charge in [-0.25, -0.2) is 9.79 Å². The number of primary amides is 1. The summed E-state index contributed by atoms with van der Waals surface area (Å²) in [6.07, 6.45) is 0. The third-order valence-corrected chi connectivity index (χ3v) is 2.80. The SMILES string of the molecule is NC(=O)NC(N)=Nc1cccc(Cl)c1Br. The number of nitrogens with one attached hydrogen (secondary N) is 1. The van der Waals surface area contributed by atoms with Gasteiger partial charge in [0.05, 0.1) is 15.2 Å². The summed E-state index contributed by atoms with van der Waals surface area (Å²) in [6.45, 7) is 0. The number of amides is 2. The van der Waals surface area contributed by atoms with Crippen molar-refractivity contribution in [2.24, 2.45) is 16.5 Å². The Bertz CT molecular complexity index is 421. The second kappa shape index (κ2) is 4.99. The maximum atomic E-state index is 10.5. The van der Waals surface area contributed by atoms with Gasteiger partial charge < -0.3 is 11.5 Å². The number of hydrogen-bond donors (Lipinski definition) is 3.